The van der Waals surface area contributed by atoms with Crippen LogP contribution in [0.1, 0.15) is 23.9 Å². The van der Waals surface area contributed by atoms with Crippen molar-refractivity contribution in [3.63, 3.8) is 0 Å². The molecule has 3 rings (SSSR count). The average molecular weight is 261 g/mol. The molecule has 100 valence electrons. The molecule has 0 aliphatic carbocycles. The van der Waals surface area contributed by atoms with Crippen molar-refractivity contribution in [2.75, 3.05) is 25.1 Å². The first-order valence-electron chi connectivity index (χ1n) is 6.28. The normalized spacial score (nSPS) is 18.6. The Bertz CT molecular complexity index is 510. The smallest absolute Gasteiger partial charge is 0.176 e. The van der Waals surface area contributed by atoms with Gasteiger partial charge >= 0.3 is 0 Å². The van der Waals surface area contributed by atoms with Crippen LogP contribution in [0.4, 0.5) is 5.82 Å². The van der Waals surface area contributed by atoms with Crippen LogP contribution in [-0.2, 0) is 11.2 Å². The molecule has 19 heavy (non-hydrogen) atoms. The lowest BCUT2D eigenvalue weighted by atomic mass is 10.1. The van der Waals surface area contributed by atoms with Crippen molar-refractivity contribution in [1.82, 2.24) is 30.6 Å². The predicted molar refractivity (Wildman–Crippen MR) is 66.6 cm³/mol. The number of rotatable bonds is 5. The van der Waals surface area contributed by atoms with Gasteiger partial charge in [-0.25, -0.2) is 9.97 Å². The maximum absolute atomic E-state index is 5.37. The fourth-order valence-corrected chi connectivity index (χ4v) is 2.05. The summed E-state index contributed by atoms with van der Waals surface area (Å²) in [7, 11) is 0. The minimum Gasteiger partial charge on any atom is -0.381 e. The van der Waals surface area contributed by atoms with Gasteiger partial charge in [0.15, 0.2) is 5.82 Å². The number of anilines is 1. The van der Waals surface area contributed by atoms with E-state index >= 15 is 0 Å². The Kier molecular flexibility index (Phi) is 3.59. The van der Waals surface area contributed by atoms with Crippen molar-refractivity contribution >= 4 is 5.82 Å². The predicted octanol–water partition coefficient (Wildman–Crippen LogP) is 0.148. The van der Waals surface area contributed by atoms with E-state index in [0.29, 0.717) is 24.7 Å². The molecule has 0 spiro atoms. The zero-order chi connectivity index (χ0) is 12.9. The summed E-state index contributed by atoms with van der Waals surface area (Å²) in [6, 6.07) is 1.98. The molecule has 2 aromatic heterocycles. The van der Waals surface area contributed by atoms with Gasteiger partial charge in [0.25, 0.3) is 0 Å². The molecular weight excluding hydrogens is 246 g/mol. The van der Waals surface area contributed by atoms with E-state index < -0.39 is 0 Å². The molecule has 8 nitrogen and oxygen atoms in total. The fourth-order valence-electron chi connectivity index (χ4n) is 2.05. The maximum atomic E-state index is 5.37. The van der Waals surface area contributed by atoms with Crippen molar-refractivity contribution in [2.24, 2.45) is 0 Å². The van der Waals surface area contributed by atoms with Crippen molar-refractivity contribution in [3.8, 4) is 0 Å². The van der Waals surface area contributed by atoms with Crippen molar-refractivity contribution in [1.29, 1.82) is 0 Å². The lowest BCUT2D eigenvalue weighted by molar-refractivity contribution is 0.193. The topological polar surface area (TPSA) is 102 Å². The number of nitrogens with zero attached hydrogens (tertiary/aromatic N) is 5. The number of hydrogen-bond acceptors (Lipinski definition) is 7. The van der Waals surface area contributed by atoms with E-state index in [4.69, 9.17) is 4.74 Å². The number of ether oxygens (including phenoxy) is 1. The Morgan fingerprint density at radius 1 is 1.42 bits per heavy atom. The van der Waals surface area contributed by atoms with Gasteiger partial charge in [0.2, 0.25) is 0 Å². The SMILES string of the molecule is c1nc(NCCc2nn[nH]n2)cc(C2CCOC2)n1. The molecule has 2 N–H and O–H groups in total. The van der Waals surface area contributed by atoms with Gasteiger partial charge < -0.3 is 10.1 Å². The number of aromatic nitrogens is 6. The highest BCUT2D eigenvalue weighted by Crippen LogP contribution is 2.24. The monoisotopic (exact) mass is 261 g/mol. The Morgan fingerprint density at radius 3 is 3.21 bits per heavy atom. The molecule has 1 aliphatic rings. The number of nitrogens with one attached hydrogen (secondary N) is 2. The highest BCUT2D eigenvalue weighted by Gasteiger charge is 2.19. The van der Waals surface area contributed by atoms with Crippen LogP contribution in [0.15, 0.2) is 12.4 Å². The average Bonchev–Trinajstić information content (AvgIpc) is 3.12. The minimum atomic E-state index is 0.390. The molecule has 1 saturated heterocycles. The van der Waals surface area contributed by atoms with E-state index in [-0.39, 0.29) is 0 Å². The second-order valence-electron chi connectivity index (χ2n) is 4.39. The fraction of sp³-hybridized carbons (Fsp3) is 0.545. The second-order valence-corrected chi connectivity index (χ2v) is 4.39. The standard InChI is InChI=1S/C11H15N7O/c1(10-15-17-18-16-10)3-12-11-5-9(13-7-14-11)8-2-4-19-6-8/h5,7-8H,1-4,6H2,(H,12,13,14)(H,15,16,17,18). The van der Waals surface area contributed by atoms with Crippen LogP contribution in [-0.4, -0.2) is 50.4 Å². The molecule has 1 aliphatic heterocycles. The zero-order valence-electron chi connectivity index (χ0n) is 10.4. The third kappa shape index (κ3) is 3.02. The van der Waals surface area contributed by atoms with Crippen LogP contribution in [0.3, 0.4) is 0 Å². The number of H-pyrrole nitrogens is 1. The van der Waals surface area contributed by atoms with Crippen LogP contribution in [0, 0.1) is 0 Å². The first-order valence-corrected chi connectivity index (χ1v) is 6.28. The Labute approximate surface area is 110 Å². The van der Waals surface area contributed by atoms with Gasteiger partial charge in [0.05, 0.1) is 12.3 Å². The van der Waals surface area contributed by atoms with Gasteiger partial charge in [-0.3, -0.25) is 0 Å². The molecule has 0 bridgehead atoms. The van der Waals surface area contributed by atoms with E-state index in [2.05, 4.69) is 35.9 Å². The van der Waals surface area contributed by atoms with E-state index in [1.807, 2.05) is 6.07 Å². The highest BCUT2D eigenvalue weighted by molar-refractivity contribution is 5.36. The largest absolute Gasteiger partial charge is 0.381 e. The summed E-state index contributed by atoms with van der Waals surface area (Å²) >= 11 is 0. The lowest BCUT2D eigenvalue weighted by Crippen LogP contribution is -2.09. The molecule has 2 aromatic rings. The third-order valence-corrected chi connectivity index (χ3v) is 3.08. The van der Waals surface area contributed by atoms with E-state index in [0.717, 1.165) is 31.1 Å². The minimum absolute atomic E-state index is 0.390. The lowest BCUT2D eigenvalue weighted by Gasteiger charge is -2.09. The zero-order valence-corrected chi connectivity index (χ0v) is 10.4. The summed E-state index contributed by atoms with van der Waals surface area (Å²) in [5.41, 5.74) is 1.04. The van der Waals surface area contributed by atoms with Crippen molar-refractivity contribution in [3.05, 3.63) is 23.9 Å². The van der Waals surface area contributed by atoms with Crippen LogP contribution in [0.5, 0.6) is 0 Å². The number of tetrazole rings is 1. The summed E-state index contributed by atoms with van der Waals surface area (Å²) in [6.45, 7) is 2.27. The van der Waals surface area contributed by atoms with Gasteiger partial charge in [0.1, 0.15) is 12.1 Å². The highest BCUT2D eigenvalue weighted by atomic mass is 16.5. The summed E-state index contributed by atoms with van der Waals surface area (Å²) in [5.74, 6) is 1.90. The van der Waals surface area contributed by atoms with Gasteiger partial charge in [-0.1, -0.05) is 5.21 Å². The van der Waals surface area contributed by atoms with Crippen molar-refractivity contribution in [2.45, 2.75) is 18.8 Å². The summed E-state index contributed by atoms with van der Waals surface area (Å²) in [4.78, 5) is 8.51. The Hall–Kier alpha value is -2.09. The van der Waals surface area contributed by atoms with E-state index in [1.165, 1.54) is 0 Å². The molecule has 3 heterocycles. The molecule has 0 saturated carbocycles. The summed E-state index contributed by atoms with van der Waals surface area (Å²) in [5, 5.41) is 17.0. The molecule has 1 unspecified atom stereocenters. The molecule has 1 fully saturated rings. The van der Waals surface area contributed by atoms with Gasteiger partial charge in [-0.15, -0.1) is 10.2 Å². The first kappa shape index (κ1) is 12.0. The third-order valence-electron chi connectivity index (χ3n) is 3.08. The molecule has 1 atom stereocenters. The van der Waals surface area contributed by atoms with Crippen LogP contribution in [0.2, 0.25) is 0 Å². The maximum Gasteiger partial charge on any atom is 0.176 e. The van der Waals surface area contributed by atoms with Crippen LogP contribution < -0.4 is 5.32 Å². The molecule has 0 radical (unpaired) electrons. The quantitative estimate of drug-likeness (QED) is 0.789. The van der Waals surface area contributed by atoms with E-state index in [9.17, 15) is 0 Å². The van der Waals surface area contributed by atoms with Gasteiger partial charge in [0, 0.05) is 31.6 Å². The number of aromatic amines is 1. The van der Waals surface area contributed by atoms with Crippen molar-refractivity contribution < 1.29 is 4.74 Å². The van der Waals surface area contributed by atoms with E-state index in [1.54, 1.807) is 6.33 Å². The van der Waals surface area contributed by atoms with Crippen LogP contribution in [0.25, 0.3) is 0 Å². The summed E-state index contributed by atoms with van der Waals surface area (Å²) < 4.78 is 5.37. The molecular formula is C11H15N7O. The second kappa shape index (κ2) is 5.70. The number of hydrogen-bond donors (Lipinski definition) is 2. The van der Waals surface area contributed by atoms with Gasteiger partial charge in [-0.05, 0) is 6.42 Å². The Morgan fingerprint density at radius 2 is 2.42 bits per heavy atom. The van der Waals surface area contributed by atoms with Gasteiger partial charge in [-0.2, -0.15) is 5.21 Å². The Balaban J connectivity index is 1.56. The van der Waals surface area contributed by atoms with Crippen LogP contribution >= 0.6 is 0 Å². The molecule has 0 aromatic carbocycles. The molecule has 0 amide bonds. The molecule has 8 heteroatoms. The summed E-state index contributed by atoms with van der Waals surface area (Å²) in [6.07, 6.45) is 3.31. The first-order chi connectivity index (χ1) is 9.42.